The van der Waals surface area contributed by atoms with Crippen LogP contribution >= 0.6 is 15.6 Å². The molecule has 94 heavy (non-hydrogen) atoms. The van der Waals surface area contributed by atoms with Gasteiger partial charge in [-0.1, -0.05) is 331 Å². The molecule has 0 fully saturated rings. The van der Waals surface area contributed by atoms with Gasteiger partial charge in [-0.05, 0) is 43.4 Å². The highest BCUT2D eigenvalue weighted by Crippen LogP contribution is 2.45. The van der Waals surface area contributed by atoms with Crippen LogP contribution in [0.4, 0.5) is 0 Å². The Hall–Kier alpha value is -1.94. The lowest BCUT2D eigenvalue weighted by Crippen LogP contribution is -2.30. The van der Waals surface area contributed by atoms with Gasteiger partial charge < -0.3 is 33.8 Å². The SMILES string of the molecule is CCCCCCCCCCCCCCC(=O)O[C@H](COC(=O)CCCCCCCCC(C)CC)COP(=O)(O)OC[C@H](O)COP(=O)(O)OC[C@@H](COC(=O)CCCCCCCCCCCCCC(C)C)OC(=O)CCCCCCCCCCCCCCCCCC(C)C. The van der Waals surface area contributed by atoms with Crippen LogP contribution in [0.15, 0.2) is 0 Å². The third-order valence-corrected chi connectivity index (χ3v) is 19.6. The Kier molecular flexibility index (Phi) is 64.3. The van der Waals surface area contributed by atoms with Crippen molar-refractivity contribution in [3.63, 3.8) is 0 Å². The third kappa shape index (κ3) is 67.3. The molecular formula is C75H146O17P2. The number of ether oxygens (including phenoxy) is 4. The summed E-state index contributed by atoms with van der Waals surface area (Å²) < 4.78 is 68.5. The van der Waals surface area contributed by atoms with E-state index in [1.807, 2.05) is 0 Å². The molecule has 0 aromatic rings. The summed E-state index contributed by atoms with van der Waals surface area (Å²) in [5.74, 6) is 0.186. The molecule has 6 atom stereocenters. The summed E-state index contributed by atoms with van der Waals surface area (Å²) in [6, 6.07) is 0. The first-order chi connectivity index (χ1) is 45.3. The van der Waals surface area contributed by atoms with Crippen molar-refractivity contribution in [2.75, 3.05) is 39.6 Å². The molecule has 0 saturated heterocycles. The molecule has 0 aliphatic heterocycles. The van der Waals surface area contributed by atoms with E-state index in [0.29, 0.717) is 25.7 Å². The number of phosphoric ester groups is 2. The molecule has 17 nitrogen and oxygen atoms in total. The fraction of sp³-hybridized carbons (Fsp3) is 0.947. The Bertz CT molecular complexity index is 1840. The van der Waals surface area contributed by atoms with Crippen LogP contribution in [0.2, 0.25) is 0 Å². The van der Waals surface area contributed by atoms with Crippen LogP contribution in [0.1, 0.15) is 382 Å². The van der Waals surface area contributed by atoms with Crippen LogP contribution in [-0.4, -0.2) is 96.7 Å². The molecule has 0 saturated carbocycles. The number of carbonyl (C=O) groups is 4. The van der Waals surface area contributed by atoms with Crippen LogP contribution in [0.5, 0.6) is 0 Å². The van der Waals surface area contributed by atoms with Crippen LogP contribution < -0.4 is 0 Å². The normalized spacial score (nSPS) is 14.4. The highest BCUT2D eigenvalue weighted by atomic mass is 31.2. The molecule has 0 heterocycles. The maximum Gasteiger partial charge on any atom is 0.472 e. The van der Waals surface area contributed by atoms with Crippen molar-refractivity contribution in [2.45, 2.75) is 401 Å². The molecule has 0 aromatic heterocycles. The Balaban J connectivity index is 5.25. The molecular weight excluding hydrogens is 1230 g/mol. The summed E-state index contributed by atoms with van der Waals surface area (Å²) >= 11 is 0. The fourth-order valence-electron chi connectivity index (χ4n) is 11.4. The monoisotopic (exact) mass is 1380 g/mol. The van der Waals surface area contributed by atoms with Crippen molar-refractivity contribution in [1.82, 2.24) is 0 Å². The van der Waals surface area contributed by atoms with Gasteiger partial charge >= 0.3 is 39.5 Å². The number of phosphoric acid groups is 2. The summed E-state index contributed by atoms with van der Waals surface area (Å²) in [6.07, 6.45) is 51.3. The lowest BCUT2D eigenvalue weighted by atomic mass is 10.00. The zero-order chi connectivity index (χ0) is 69.4. The summed E-state index contributed by atoms with van der Waals surface area (Å²) in [7, 11) is -9.91. The quantitative estimate of drug-likeness (QED) is 0.0222. The second-order valence-electron chi connectivity index (χ2n) is 28.2. The third-order valence-electron chi connectivity index (χ3n) is 17.7. The number of hydrogen-bond acceptors (Lipinski definition) is 15. The maximum absolute atomic E-state index is 13.1. The molecule has 0 rings (SSSR count). The van der Waals surface area contributed by atoms with Gasteiger partial charge in [0.1, 0.15) is 19.3 Å². The highest BCUT2D eigenvalue weighted by molar-refractivity contribution is 7.47. The number of carbonyl (C=O) groups excluding carboxylic acids is 4. The average molecular weight is 1380 g/mol. The lowest BCUT2D eigenvalue weighted by Gasteiger charge is -2.21. The summed E-state index contributed by atoms with van der Waals surface area (Å²) in [4.78, 5) is 72.8. The van der Waals surface area contributed by atoms with Gasteiger partial charge in [0.25, 0.3) is 0 Å². The second kappa shape index (κ2) is 65.7. The van der Waals surface area contributed by atoms with Gasteiger partial charge in [-0.15, -0.1) is 0 Å². The first-order valence-electron chi connectivity index (χ1n) is 38.9. The van der Waals surface area contributed by atoms with Crippen LogP contribution in [0.25, 0.3) is 0 Å². The van der Waals surface area contributed by atoms with Crippen LogP contribution in [0.3, 0.4) is 0 Å². The van der Waals surface area contributed by atoms with E-state index in [-0.39, 0.29) is 25.7 Å². The zero-order valence-electron chi connectivity index (χ0n) is 61.4. The topological polar surface area (TPSA) is 237 Å². The molecule has 0 radical (unpaired) electrons. The Morgan fingerprint density at radius 2 is 0.543 bits per heavy atom. The van der Waals surface area contributed by atoms with Gasteiger partial charge in [-0.25, -0.2) is 9.13 Å². The number of aliphatic hydroxyl groups is 1. The number of rotatable bonds is 73. The minimum absolute atomic E-state index is 0.106. The van der Waals surface area contributed by atoms with Crippen LogP contribution in [-0.2, 0) is 65.4 Å². The first kappa shape index (κ1) is 92.1. The van der Waals surface area contributed by atoms with Crippen molar-refractivity contribution in [3.05, 3.63) is 0 Å². The van der Waals surface area contributed by atoms with E-state index in [0.717, 1.165) is 114 Å². The molecule has 19 heteroatoms. The molecule has 0 aliphatic carbocycles. The summed E-state index contributed by atoms with van der Waals surface area (Å²) in [6.45, 7) is 11.9. The van der Waals surface area contributed by atoms with E-state index in [4.69, 9.17) is 37.0 Å². The second-order valence-corrected chi connectivity index (χ2v) is 31.1. The van der Waals surface area contributed by atoms with Crippen molar-refractivity contribution < 1.29 is 80.2 Å². The van der Waals surface area contributed by atoms with Crippen molar-refractivity contribution in [3.8, 4) is 0 Å². The van der Waals surface area contributed by atoms with E-state index in [9.17, 15) is 43.2 Å². The van der Waals surface area contributed by atoms with E-state index in [1.165, 1.54) is 186 Å². The molecule has 0 amide bonds. The van der Waals surface area contributed by atoms with E-state index in [1.54, 1.807) is 0 Å². The molecule has 3 N–H and O–H groups in total. The lowest BCUT2D eigenvalue weighted by molar-refractivity contribution is -0.161. The van der Waals surface area contributed by atoms with Crippen molar-refractivity contribution in [1.29, 1.82) is 0 Å². The molecule has 0 bridgehead atoms. The van der Waals surface area contributed by atoms with E-state index >= 15 is 0 Å². The predicted octanol–water partition coefficient (Wildman–Crippen LogP) is 21.8. The first-order valence-corrected chi connectivity index (χ1v) is 41.9. The Morgan fingerprint density at radius 1 is 0.309 bits per heavy atom. The number of unbranched alkanes of at least 4 members (excludes halogenated alkanes) is 40. The Labute approximate surface area is 575 Å². The summed E-state index contributed by atoms with van der Waals surface area (Å²) in [5.41, 5.74) is 0. The van der Waals surface area contributed by atoms with Gasteiger partial charge in [-0.3, -0.25) is 37.3 Å². The van der Waals surface area contributed by atoms with Crippen molar-refractivity contribution in [2.24, 2.45) is 17.8 Å². The molecule has 0 aliphatic rings. The molecule has 3 unspecified atom stereocenters. The van der Waals surface area contributed by atoms with Crippen molar-refractivity contribution >= 4 is 39.5 Å². The van der Waals surface area contributed by atoms with Gasteiger partial charge in [0, 0.05) is 25.7 Å². The number of esters is 4. The van der Waals surface area contributed by atoms with Gasteiger partial charge in [0.2, 0.25) is 0 Å². The highest BCUT2D eigenvalue weighted by Gasteiger charge is 2.30. The molecule has 0 spiro atoms. The molecule has 558 valence electrons. The fourth-order valence-corrected chi connectivity index (χ4v) is 13.0. The van der Waals surface area contributed by atoms with Gasteiger partial charge in [-0.2, -0.15) is 0 Å². The number of hydrogen-bond donors (Lipinski definition) is 3. The minimum Gasteiger partial charge on any atom is -0.462 e. The van der Waals surface area contributed by atoms with Gasteiger partial charge in [0.15, 0.2) is 12.2 Å². The number of aliphatic hydroxyl groups excluding tert-OH is 1. The largest absolute Gasteiger partial charge is 0.472 e. The maximum atomic E-state index is 13.1. The Morgan fingerprint density at radius 3 is 0.809 bits per heavy atom. The van der Waals surface area contributed by atoms with E-state index < -0.39 is 97.5 Å². The zero-order valence-corrected chi connectivity index (χ0v) is 63.2. The summed E-state index contributed by atoms with van der Waals surface area (Å²) in [5, 5.41) is 10.6. The van der Waals surface area contributed by atoms with Gasteiger partial charge in [0.05, 0.1) is 26.4 Å². The minimum atomic E-state index is -4.96. The average Bonchev–Trinajstić information content (AvgIpc) is 1.61. The predicted molar refractivity (Wildman–Crippen MR) is 381 cm³/mol. The standard InChI is InChI=1S/C75H146O17P2/c1-8-10-11-12-13-14-15-24-30-35-44-51-58-74(79)92-71(63-86-73(78)57-50-43-38-37-41-48-55-68(7)9-2)65-90-94(83,84)88-61-69(76)60-87-93(81,82)89-64-70(62-85-72(77)56-49-42-34-29-26-21-23-28-33-40-47-54-67(5)6)91-75(80)59-52-45-36-31-25-20-18-16-17-19-22-27-32-39-46-53-66(3)4/h66-71,76H,8-65H2,1-7H3,(H,81,82)(H,83,84)/t68?,69-,70-,71-/m1/s1. The van der Waals surface area contributed by atoms with E-state index in [2.05, 4.69) is 48.5 Å². The smallest absolute Gasteiger partial charge is 0.462 e. The molecule has 0 aromatic carbocycles. The van der Waals surface area contributed by atoms with Crippen LogP contribution in [0, 0.1) is 17.8 Å².